The van der Waals surface area contributed by atoms with Crippen molar-refractivity contribution in [3.8, 4) is 0 Å². The number of rotatable bonds is 10. The van der Waals surface area contributed by atoms with Crippen LogP contribution in [0.3, 0.4) is 0 Å². The molecule has 1 rings (SSSR count). The van der Waals surface area contributed by atoms with Gasteiger partial charge in [0.25, 0.3) is 5.91 Å². The number of thioether (sulfide) groups is 1. The first-order valence-electron chi connectivity index (χ1n) is 8.63. The van der Waals surface area contributed by atoms with Crippen LogP contribution in [0.25, 0.3) is 4.91 Å². The molecule has 1 aromatic rings. The van der Waals surface area contributed by atoms with Gasteiger partial charge in [-0.3, -0.25) is 9.59 Å². The molecule has 8 heteroatoms. The summed E-state index contributed by atoms with van der Waals surface area (Å²) in [6.45, 7) is 11.2. The van der Waals surface area contributed by atoms with Gasteiger partial charge in [-0.1, -0.05) is 25.3 Å². The highest BCUT2D eigenvalue weighted by Crippen LogP contribution is 2.31. The molecule has 0 spiro atoms. The van der Waals surface area contributed by atoms with Crippen LogP contribution in [-0.4, -0.2) is 46.3 Å². The molecule has 1 aromatic heterocycles. The SMILES string of the molecule is C=C(S/C(C(=O)NCCC(=O)N(CC)CC)=C(\N)CC)c1ncccn1. The summed E-state index contributed by atoms with van der Waals surface area (Å²) in [5, 5.41) is 2.76. The molecule has 0 radical (unpaired) electrons. The third-order valence-corrected chi connectivity index (χ3v) is 4.74. The molecule has 7 nitrogen and oxygen atoms in total. The molecule has 0 unspecified atom stereocenters. The number of nitrogens with two attached hydrogens (primary N) is 1. The number of nitrogens with zero attached hydrogens (tertiary/aromatic N) is 3. The maximum absolute atomic E-state index is 12.5. The number of allylic oxidation sites excluding steroid dienone is 1. The van der Waals surface area contributed by atoms with Crippen molar-refractivity contribution in [3.05, 3.63) is 41.5 Å². The summed E-state index contributed by atoms with van der Waals surface area (Å²) in [4.78, 5) is 35.4. The summed E-state index contributed by atoms with van der Waals surface area (Å²) in [5.41, 5.74) is 6.47. The molecule has 0 aromatic carbocycles. The summed E-state index contributed by atoms with van der Waals surface area (Å²) >= 11 is 1.14. The lowest BCUT2D eigenvalue weighted by molar-refractivity contribution is -0.130. The Kier molecular flexibility index (Phi) is 9.43. The van der Waals surface area contributed by atoms with E-state index in [1.54, 1.807) is 23.4 Å². The van der Waals surface area contributed by atoms with E-state index in [1.807, 2.05) is 20.8 Å². The molecule has 26 heavy (non-hydrogen) atoms. The van der Waals surface area contributed by atoms with Crippen molar-refractivity contribution in [2.45, 2.75) is 33.6 Å². The number of nitrogens with one attached hydrogen (secondary N) is 1. The van der Waals surface area contributed by atoms with Gasteiger partial charge in [0.2, 0.25) is 5.91 Å². The van der Waals surface area contributed by atoms with E-state index in [-0.39, 0.29) is 24.8 Å². The molecule has 0 saturated carbocycles. The Morgan fingerprint density at radius 1 is 1.23 bits per heavy atom. The van der Waals surface area contributed by atoms with E-state index >= 15 is 0 Å². The van der Waals surface area contributed by atoms with Gasteiger partial charge in [0.1, 0.15) is 0 Å². The van der Waals surface area contributed by atoms with Gasteiger partial charge in [-0.15, -0.1) is 0 Å². The van der Waals surface area contributed by atoms with E-state index in [2.05, 4.69) is 21.9 Å². The lowest BCUT2D eigenvalue weighted by Gasteiger charge is -2.18. The van der Waals surface area contributed by atoms with Gasteiger partial charge in [-0.2, -0.15) is 0 Å². The van der Waals surface area contributed by atoms with E-state index in [9.17, 15) is 9.59 Å². The number of hydrogen-bond acceptors (Lipinski definition) is 6. The molecule has 0 aliphatic rings. The normalized spacial score (nSPS) is 11.5. The molecule has 0 fully saturated rings. The van der Waals surface area contributed by atoms with E-state index in [4.69, 9.17) is 5.73 Å². The summed E-state index contributed by atoms with van der Waals surface area (Å²) in [5.74, 6) is 0.140. The standard InChI is InChI=1S/C18H27N5O2S/c1-5-14(19)16(26-13(4)17-20-10-8-11-21-17)18(25)22-12-9-15(24)23(6-2)7-3/h8,10-11H,4-7,9,12,19H2,1-3H3,(H,22,25)/b16-14-. The van der Waals surface area contributed by atoms with Gasteiger partial charge in [0, 0.05) is 49.1 Å². The minimum absolute atomic E-state index is 0.0130. The summed E-state index contributed by atoms with van der Waals surface area (Å²) in [6.07, 6.45) is 4.00. The zero-order valence-corrected chi connectivity index (χ0v) is 16.4. The number of aromatic nitrogens is 2. The van der Waals surface area contributed by atoms with Crippen LogP contribution in [0.1, 0.15) is 39.4 Å². The minimum atomic E-state index is -0.321. The van der Waals surface area contributed by atoms with E-state index in [0.29, 0.717) is 40.8 Å². The van der Waals surface area contributed by atoms with Crippen molar-refractivity contribution in [1.29, 1.82) is 0 Å². The highest BCUT2D eigenvalue weighted by Gasteiger charge is 2.18. The summed E-state index contributed by atoms with van der Waals surface area (Å²) in [6, 6.07) is 1.71. The number of hydrogen-bond donors (Lipinski definition) is 2. The van der Waals surface area contributed by atoms with Crippen LogP contribution in [0.5, 0.6) is 0 Å². The van der Waals surface area contributed by atoms with Gasteiger partial charge in [-0.05, 0) is 26.3 Å². The second kappa shape index (κ2) is 11.3. The first kappa shape index (κ1) is 21.7. The quantitative estimate of drug-likeness (QED) is 0.606. The maximum Gasteiger partial charge on any atom is 0.259 e. The Balaban J connectivity index is 2.71. The largest absolute Gasteiger partial charge is 0.401 e. The fourth-order valence-electron chi connectivity index (χ4n) is 2.13. The van der Waals surface area contributed by atoms with Crippen molar-refractivity contribution in [2.24, 2.45) is 5.73 Å². The van der Waals surface area contributed by atoms with Crippen LogP contribution >= 0.6 is 11.8 Å². The lowest BCUT2D eigenvalue weighted by atomic mass is 10.3. The van der Waals surface area contributed by atoms with E-state index < -0.39 is 0 Å². The third-order valence-electron chi connectivity index (χ3n) is 3.66. The Hall–Kier alpha value is -2.35. The van der Waals surface area contributed by atoms with Crippen molar-refractivity contribution >= 4 is 28.5 Å². The van der Waals surface area contributed by atoms with Crippen LogP contribution < -0.4 is 11.1 Å². The van der Waals surface area contributed by atoms with E-state index in [1.165, 1.54) is 0 Å². The molecule has 0 saturated heterocycles. The van der Waals surface area contributed by atoms with Gasteiger partial charge in [0.15, 0.2) is 5.82 Å². The van der Waals surface area contributed by atoms with Gasteiger partial charge in [-0.25, -0.2) is 9.97 Å². The van der Waals surface area contributed by atoms with E-state index in [0.717, 1.165) is 11.8 Å². The van der Waals surface area contributed by atoms with Crippen LogP contribution in [0, 0.1) is 0 Å². The lowest BCUT2D eigenvalue weighted by Crippen LogP contribution is -2.34. The molecular weight excluding hydrogens is 350 g/mol. The Labute approximate surface area is 159 Å². The summed E-state index contributed by atoms with van der Waals surface area (Å²) < 4.78 is 0. The molecule has 2 amide bonds. The molecule has 3 N–H and O–H groups in total. The molecule has 0 bridgehead atoms. The minimum Gasteiger partial charge on any atom is -0.401 e. The Bertz CT molecular complexity index is 657. The summed E-state index contributed by atoms with van der Waals surface area (Å²) in [7, 11) is 0. The third kappa shape index (κ3) is 6.51. The van der Waals surface area contributed by atoms with Gasteiger partial charge < -0.3 is 16.0 Å². The zero-order valence-electron chi connectivity index (χ0n) is 15.6. The van der Waals surface area contributed by atoms with Crippen LogP contribution in [0.2, 0.25) is 0 Å². The molecule has 0 aliphatic carbocycles. The molecule has 0 atom stereocenters. The first-order chi connectivity index (χ1) is 12.4. The van der Waals surface area contributed by atoms with Crippen LogP contribution in [0.15, 0.2) is 35.6 Å². The van der Waals surface area contributed by atoms with Crippen molar-refractivity contribution in [3.63, 3.8) is 0 Å². The highest BCUT2D eigenvalue weighted by molar-refractivity contribution is 8.12. The first-order valence-corrected chi connectivity index (χ1v) is 9.44. The number of carbonyl (C=O) groups excluding carboxylic acids is 2. The van der Waals surface area contributed by atoms with Crippen molar-refractivity contribution in [2.75, 3.05) is 19.6 Å². The molecule has 0 aliphatic heterocycles. The number of amides is 2. The fourth-order valence-corrected chi connectivity index (χ4v) is 3.01. The second-order valence-electron chi connectivity index (χ2n) is 5.38. The van der Waals surface area contributed by atoms with Crippen molar-refractivity contribution < 1.29 is 9.59 Å². The van der Waals surface area contributed by atoms with Crippen LogP contribution in [-0.2, 0) is 9.59 Å². The predicted octanol–water partition coefficient (Wildman–Crippen LogP) is 2.14. The van der Waals surface area contributed by atoms with Crippen LogP contribution in [0.4, 0.5) is 0 Å². The zero-order chi connectivity index (χ0) is 19.5. The Morgan fingerprint density at radius 2 is 1.85 bits per heavy atom. The molecular formula is C18H27N5O2S. The maximum atomic E-state index is 12.5. The average molecular weight is 378 g/mol. The monoisotopic (exact) mass is 377 g/mol. The fraction of sp³-hybridized carbons (Fsp3) is 0.444. The van der Waals surface area contributed by atoms with Crippen molar-refractivity contribution in [1.82, 2.24) is 20.2 Å². The molecule has 142 valence electrons. The Morgan fingerprint density at radius 3 is 2.38 bits per heavy atom. The van der Waals surface area contributed by atoms with Gasteiger partial charge in [0.05, 0.1) is 4.91 Å². The smallest absolute Gasteiger partial charge is 0.259 e. The predicted molar refractivity (Wildman–Crippen MR) is 106 cm³/mol. The highest BCUT2D eigenvalue weighted by atomic mass is 32.2. The molecule has 1 heterocycles. The second-order valence-corrected chi connectivity index (χ2v) is 6.48. The van der Waals surface area contributed by atoms with Gasteiger partial charge >= 0.3 is 0 Å². The topological polar surface area (TPSA) is 101 Å². The average Bonchev–Trinajstić information content (AvgIpc) is 2.66. The number of carbonyl (C=O) groups is 2.